The van der Waals surface area contributed by atoms with Gasteiger partial charge in [-0.25, -0.2) is 0 Å². The Morgan fingerprint density at radius 3 is 2.29 bits per heavy atom. The third-order valence-electron chi connectivity index (χ3n) is 3.11. The Kier molecular flexibility index (Phi) is 6.01. The van der Waals surface area contributed by atoms with Crippen molar-refractivity contribution in [3.05, 3.63) is 34.4 Å². The molecule has 0 aliphatic heterocycles. The van der Waals surface area contributed by atoms with Gasteiger partial charge < -0.3 is 5.32 Å². The zero-order chi connectivity index (χ0) is 12.8. The van der Waals surface area contributed by atoms with Crippen LogP contribution in [0.15, 0.2) is 12.1 Å². The van der Waals surface area contributed by atoms with E-state index >= 15 is 0 Å². The number of alkyl halides is 1. The predicted octanol–water partition coefficient (Wildman–Crippen LogP) is 4.11. The number of hydrogen-bond acceptors (Lipinski definition) is 1. The largest absolute Gasteiger partial charge is 0.311 e. The molecule has 0 aliphatic carbocycles. The smallest absolute Gasteiger partial charge is 0.0460 e. The van der Waals surface area contributed by atoms with Crippen molar-refractivity contribution in [3.8, 4) is 0 Å². The van der Waals surface area contributed by atoms with E-state index in [9.17, 15) is 0 Å². The minimum absolute atomic E-state index is 0.256. The van der Waals surface area contributed by atoms with Crippen LogP contribution in [0, 0.1) is 20.8 Å². The molecule has 0 saturated heterocycles. The fraction of sp³-hybridized carbons (Fsp3) is 0.600. The molecule has 1 atom stereocenters. The molecular formula is C15H24ClN. The number of nitrogens with one attached hydrogen (secondary N) is 1. The van der Waals surface area contributed by atoms with Crippen LogP contribution < -0.4 is 5.32 Å². The van der Waals surface area contributed by atoms with Crippen molar-refractivity contribution < 1.29 is 0 Å². The Hall–Kier alpha value is -0.530. The van der Waals surface area contributed by atoms with Gasteiger partial charge in [0.1, 0.15) is 0 Å². The van der Waals surface area contributed by atoms with Crippen molar-refractivity contribution in [2.45, 2.75) is 52.5 Å². The van der Waals surface area contributed by atoms with Crippen LogP contribution in [0.25, 0.3) is 0 Å². The molecule has 1 aromatic rings. The summed E-state index contributed by atoms with van der Waals surface area (Å²) in [5, 5.41) is 3.71. The van der Waals surface area contributed by atoms with Crippen LogP contribution >= 0.6 is 11.6 Å². The third-order valence-corrected chi connectivity index (χ3v) is 3.48. The van der Waals surface area contributed by atoms with Gasteiger partial charge in [0.15, 0.2) is 0 Å². The monoisotopic (exact) mass is 253 g/mol. The first-order chi connectivity index (χ1) is 8.04. The summed E-state index contributed by atoms with van der Waals surface area (Å²) in [7, 11) is 0. The lowest BCUT2D eigenvalue weighted by molar-refractivity contribution is 0.621. The van der Waals surface area contributed by atoms with Crippen molar-refractivity contribution in [2.24, 2.45) is 0 Å². The standard InChI is InChI=1S/C15H24ClN/c1-5-6-14(16)9-17-10-15-12(3)7-11(2)8-13(15)4/h7-8,14,17H,5-6,9-10H2,1-4H3. The van der Waals surface area contributed by atoms with E-state index in [1.54, 1.807) is 0 Å². The molecule has 96 valence electrons. The summed E-state index contributed by atoms with van der Waals surface area (Å²) in [5.41, 5.74) is 5.49. The maximum atomic E-state index is 6.19. The van der Waals surface area contributed by atoms with E-state index in [1.807, 2.05) is 0 Å². The summed E-state index contributed by atoms with van der Waals surface area (Å²) in [6.45, 7) is 10.5. The molecule has 0 aliphatic rings. The van der Waals surface area contributed by atoms with Gasteiger partial charge in [-0.3, -0.25) is 0 Å². The molecule has 1 rings (SSSR count). The molecule has 17 heavy (non-hydrogen) atoms. The van der Waals surface area contributed by atoms with Crippen LogP contribution in [0.5, 0.6) is 0 Å². The zero-order valence-corrected chi connectivity index (χ0v) is 12.2. The van der Waals surface area contributed by atoms with E-state index in [2.05, 4.69) is 45.1 Å². The predicted molar refractivity (Wildman–Crippen MR) is 76.9 cm³/mol. The highest BCUT2D eigenvalue weighted by atomic mass is 35.5. The summed E-state index contributed by atoms with van der Waals surface area (Å²) >= 11 is 6.19. The first kappa shape index (κ1) is 14.5. The average Bonchev–Trinajstić information content (AvgIpc) is 2.22. The first-order valence-corrected chi connectivity index (χ1v) is 6.89. The number of rotatable bonds is 6. The third kappa shape index (κ3) is 4.69. The van der Waals surface area contributed by atoms with Crippen LogP contribution in [0.3, 0.4) is 0 Å². The van der Waals surface area contributed by atoms with E-state index in [0.29, 0.717) is 0 Å². The summed E-state index contributed by atoms with van der Waals surface area (Å²) in [6, 6.07) is 4.49. The highest BCUT2D eigenvalue weighted by Crippen LogP contribution is 2.16. The van der Waals surface area contributed by atoms with Gasteiger partial charge in [0.05, 0.1) is 0 Å². The van der Waals surface area contributed by atoms with Crippen molar-refractivity contribution in [3.63, 3.8) is 0 Å². The molecule has 1 nitrogen and oxygen atoms in total. The Bertz CT molecular complexity index is 337. The molecule has 0 spiro atoms. The number of hydrogen-bond donors (Lipinski definition) is 1. The highest BCUT2D eigenvalue weighted by molar-refractivity contribution is 6.20. The van der Waals surface area contributed by atoms with Gasteiger partial charge in [-0.2, -0.15) is 0 Å². The van der Waals surface area contributed by atoms with Crippen LogP contribution in [-0.4, -0.2) is 11.9 Å². The lowest BCUT2D eigenvalue weighted by Gasteiger charge is -2.14. The minimum Gasteiger partial charge on any atom is -0.311 e. The average molecular weight is 254 g/mol. The van der Waals surface area contributed by atoms with Gasteiger partial charge in [0.25, 0.3) is 0 Å². The quantitative estimate of drug-likeness (QED) is 0.753. The van der Waals surface area contributed by atoms with Crippen molar-refractivity contribution >= 4 is 11.6 Å². The number of benzene rings is 1. The van der Waals surface area contributed by atoms with Crippen LogP contribution in [0.2, 0.25) is 0 Å². The minimum atomic E-state index is 0.256. The Morgan fingerprint density at radius 1 is 1.18 bits per heavy atom. The zero-order valence-electron chi connectivity index (χ0n) is 11.4. The highest BCUT2D eigenvalue weighted by Gasteiger charge is 2.06. The summed E-state index contributed by atoms with van der Waals surface area (Å²) in [5.74, 6) is 0. The molecular weight excluding hydrogens is 230 g/mol. The van der Waals surface area contributed by atoms with E-state index in [1.165, 1.54) is 22.3 Å². The molecule has 2 heteroatoms. The summed E-state index contributed by atoms with van der Waals surface area (Å²) in [4.78, 5) is 0. The van der Waals surface area contributed by atoms with E-state index in [4.69, 9.17) is 11.6 Å². The van der Waals surface area contributed by atoms with Crippen LogP contribution in [0.4, 0.5) is 0 Å². The normalized spacial score (nSPS) is 12.8. The maximum absolute atomic E-state index is 6.19. The SMILES string of the molecule is CCCC(Cl)CNCc1c(C)cc(C)cc1C. The van der Waals surface area contributed by atoms with Crippen molar-refractivity contribution in [1.82, 2.24) is 5.32 Å². The number of halogens is 1. The molecule has 1 unspecified atom stereocenters. The topological polar surface area (TPSA) is 12.0 Å². The molecule has 0 saturated carbocycles. The second-order valence-electron chi connectivity index (χ2n) is 4.89. The van der Waals surface area contributed by atoms with E-state index in [-0.39, 0.29) is 5.38 Å². The maximum Gasteiger partial charge on any atom is 0.0460 e. The molecule has 0 heterocycles. The molecule has 0 fully saturated rings. The first-order valence-electron chi connectivity index (χ1n) is 6.46. The van der Waals surface area contributed by atoms with E-state index in [0.717, 1.165) is 25.9 Å². The lowest BCUT2D eigenvalue weighted by atomic mass is 10.00. The Balaban J connectivity index is 2.52. The van der Waals surface area contributed by atoms with Crippen molar-refractivity contribution in [1.29, 1.82) is 0 Å². The second-order valence-corrected chi connectivity index (χ2v) is 5.51. The molecule has 0 radical (unpaired) electrons. The Labute approximate surface area is 111 Å². The van der Waals surface area contributed by atoms with Gasteiger partial charge in [0.2, 0.25) is 0 Å². The van der Waals surface area contributed by atoms with Gasteiger partial charge in [-0.05, 0) is 43.9 Å². The van der Waals surface area contributed by atoms with Crippen molar-refractivity contribution in [2.75, 3.05) is 6.54 Å². The van der Waals surface area contributed by atoms with Gasteiger partial charge in [-0.15, -0.1) is 11.6 Å². The lowest BCUT2D eigenvalue weighted by Crippen LogP contribution is -2.23. The second kappa shape index (κ2) is 7.03. The number of aryl methyl sites for hydroxylation is 3. The van der Waals surface area contributed by atoms with Crippen LogP contribution in [0.1, 0.15) is 42.0 Å². The molecule has 1 N–H and O–H groups in total. The van der Waals surface area contributed by atoms with E-state index < -0.39 is 0 Å². The van der Waals surface area contributed by atoms with Crippen LogP contribution in [-0.2, 0) is 6.54 Å². The summed E-state index contributed by atoms with van der Waals surface area (Å²) < 4.78 is 0. The van der Waals surface area contributed by atoms with Gasteiger partial charge in [0, 0.05) is 18.5 Å². The fourth-order valence-electron chi connectivity index (χ4n) is 2.26. The molecule has 0 bridgehead atoms. The Morgan fingerprint density at radius 2 is 1.76 bits per heavy atom. The van der Waals surface area contributed by atoms with Gasteiger partial charge >= 0.3 is 0 Å². The molecule has 0 amide bonds. The molecule has 1 aromatic carbocycles. The van der Waals surface area contributed by atoms with Gasteiger partial charge in [-0.1, -0.05) is 31.0 Å². The fourth-order valence-corrected chi connectivity index (χ4v) is 2.59. The summed E-state index contributed by atoms with van der Waals surface area (Å²) in [6.07, 6.45) is 2.23. The molecule has 0 aromatic heterocycles.